The topological polar surface area (TPSA) is 88.2 Å². The molecule has 1 heterocycles. The molecule has 2 unspecified atom stereocenters. The molecule has 1 aliphatic heterocycles. The summed E-state index contributed by atoms with van der Waals surface area (Å²) in [5, 5.41) is 3.33. The maximum absolute atomic E-state index is 12.4. The van der Waals surface area contributed by atoms with Gasteiger partial charge in [-0.05, 0) is 67.6 Å². The van der Waals surface area contributed by atoms with E-state index >= 15 is 0 Å². The lowest BCUT2D eigenvalue weighted by Crippen LogP contribution is -2.45. The van der Waals surface area contributed by atoms with Crippen LogP contribution in [0.2, 0.25) is 5.02 Å². The smallest absolute Gasteiger partial charge is 0.242 e. The number of hydrogen-bond acceptors (Lipinski definition) is 6. The molecule has 0 saturated carbocycles. The molecule has 8 nitrogen and oxygen atoms in total. The molecule has 0 aromatic heterocycles. The van der Waals surface area contributed by atoms with Gasteiger partial charge in [-0.3, -0.25) is 9.59 Å². The van der Waals surface area contributed by atoms with Crippen LogP contribution >= 0.6 is 11.6 Å². The van der Waals surface area contributed by atoms with Gasteiger partial charge in [0.1, 0.15) is 18.1 Å². The minimum absolute atomic E-state index is 0.0739. The lowest BCUT2D eigenvalue weighted by molar-refractivity contribution is -0.133. The van der Waals surface area contributed by atoms with E-state index in [-0.39, 0.29) is 31.4 Å². The van der Waals surface area contributed by atoms with E-state index in [0.29, 0.717) is 25.4 Å². The molecule has 212 valence electrons. The van der Waals surface area contributed by atoms with Crippen molar-refractivity contribution in [3.8, 4) is 5.75 Å². The van der Waals surface area contributed by atoms with Crippen LogP contribution in [0, 0.1) is 6.92 Å². The Hall–Kier alpha value is -2.94. The van der Waals surface area contributed by atoms with Crippen LogP contribution in [0.5, 0.6) is 5.75 Å². The van der Waals surface area contributed by atoms with Crippen molar-refractivity contribution >= 4 is 30.2 Å². The summed E-state index contributed by atoms with van der Waals surface area (Å²) in [6.07, 6.45) is 3.71. The summed E-state index contributed by atoms with van der Waals surface area (Å²) < 4.78 is 12.2. The maximum Gasteiger partial charge on any atom is 0.242 e. The summed E-state index contributed by atoms with van der Waals surface area (Å²) in [6.45, 7) is 8.23. The van der Waals surface area contributed by atoms with E-state index in [2.05, 4.69) is 17.1 Å². The van der Waals surface area contributed by atoms with Gasteiger partial charge in [-0.2, -0.15) is 0 Å². The van der Waals surface area contributed by atoms with Crippen molar-refractivity contribution in [1.29, 1.82) is 0 Å². The van der Waals surface area contributed by atoms with E-state index in [1.807, 2.05) is 43.3 Å². The second-order valence-corrected chi connectivity index (χ2v) is 10.2. The molecule has 39 heavy (non-hydrogen) atoms. The number of nitrogens with one attached hydrogen (secondary N) is 1. The molecule has 0 fully saturated rings. The Morgan fingerprint density at radius 3 is 2.79 bits per heavy atom. The van der Waals surface area contributed by atoms with Gasteiger partial charge in [0, 0.05) is 37.1 Å². The number of amides is 2. The molecule has 1 aliphatic rings. The van der Waals surface area contributed by atoms with Crippen LogP contribution in [-0.4, -0.2) is 67.7 Å². The molecule has 2 atom stereocenters. The Morgan fingerprint density at radius 2 is 2.08 bits per heavy atom. The van der Waals surface area contributed by atoms with Crippen LogP contribution < -0.4 is 10.1 Å². The standard InChI is InChI=1S/C30H40ClN3O5/c1-4-33(15-13-29-25-18-24(31)12-11-23(25)20-39-29)14-7-17-38-28-10-5-8-22(2)26(28)19-34(21-36)27(9-6-16-35)30(37)32-3/h5,8,10-12,16,18,21,27,29H,4,6-7,9,13-15,17,19-20H2,1-3H3,(H,32,37). The minimum atomic E-state index is -0.727. The molecule has 0 aliphatic carbocycles. The molecule has 0 radical (unpaired) electrons. The number of fused-ring (bicyclic) bond motifs is 1. The third-order valence-electron chi connectivity index (χ3n) is 7.28. The lowest BCUT2D eigenvalue weighted by atomic mass is 10.0. The highest BCUT2D eigenvalue weighted by Crippen LogP contribution is 2.34. The first-order valence-electron chi connectivity index (χ1n) is 13.6. The fourth-order valence-corrected chi connectivity index (χ4v) is 5.15. The Balaban J connectivity index is 1.54. The average Bonchev–Trinajstić information content (AvgIpc) is 3.34. The van der Waals surface area contributed by atoms with E-state index in [1.54, 1.807) is 0 Å². The molecule has 3 rings (SSSR count). The minimum Gasteiger partial charge on any atom is -0.493 e. The van der Waals surface area contributed by atoms with E-state index in [0.717, 1.165) is 54.9 Å². The molecule has 1 N–H and O–H groups in total. The van der Waals surface area contributed by atoms with Crippen LogP contribution in [-0.2, 0) is 32.3 Å². The number of aldehydes is 1. The Kier molecular flexibility index (Phi) is 12.2. The molecule has 2 aromatic rings. The summed E-state index contributed by atoms with van der Waals surface area (Å²) >= 11 is 6.20. The number of ether oxygens (including phenoxy) is 2. The van der Waals surface area contributed by atoms with Crippen molar-refractivity contribution in [3.05, 3.63) is 63.7 Å². The number of nitrogens with zero attached hydrogens (tertiary/aromatic N) is 2. The largest absolute Gasteiger partial charge is 0.493 e. The lowest BCUT2D eigenvalue weighted by Gasteiger charge is -2.28. The van der Waals surface area contributed by atoms with Gasteiger partial charge in [0.25, 0.3) is 0 Å². The Morgan fingerprint density at radius 1 is 1.26 bits per heavy atom. The molecular formula is C30H40ClN3O5. The van der Waals surface area contributed by atoms with Crippen LogP contribution in [0.15, 0.2) is 36.4 Å². The summed E-state index contributed by atoms with van der Waals surface area (Å²) in [5.41, 5.74) is 4.24. The zero-order valence-corrected chi connectivity index (χ0v) is 23.9. The number of halogens is 1. The first kappa shape index (κ1) is 30.6. The van der Waals surface area contributed by atoms with E-state index in [9.17, 15) is 14.4 Å². The second-order valence-electron chi connectivity index (χ2n) is 9.77. The SMILES string of the molecule is CCN(CCCOc1cccc(C)c1CN(C=O)C(CCC=O)C(=O)NC)CCC1OCc2ccc(Cl)cc21. The molecule has 0 spiro atoms. The molecule has 0 saturated heterocycles. The van der Waals surface area contributed by atoms with Gasteiger partial charge in [-0.25, -0.2) is 0 Å². The first-order valence-corrected chi connectivity index (χ1v) is 14.0. The van der Waals surface area contributed by atoms with Crippen LogP contribution in [0.4, 0.5) is 0 Å². The van der Waals surface area contributed by atoms with Crippen LogP contribution in [0.3, 0.4) is 0 Å². The summed E-state index contributed by atoms with van der Waals surface area (Å²) in [4.78, 5) is 39.1. The van der Waals surface area contributed by atoms with Gasteiger partial charge < -0.3 is 29.4 Å². The van der Waals surface area contributed by atoms with Gasteiger partial charge in [0.15, 0.2) is 0 Å². The van der Waals surface area contributed by atoms with Gasteiger partial charge in [-0.15, -0.1) is 0 Å². The quantitative estimate of drug-likeness (QED) is 0.228. The van der Waals surface area contributed by atoms with Crippen molar-refractivity contribution in [2.75, 3.05) is 33.3 Å². The number of benzene rings is 2. The van der Waals surface area contributed by atoms with Gasteiger partial charge >= 0.3 is 0 Å². The number of carbonyl (C=O) groups is 3. The molecule has 2 aromatic carbocycles. The predicted octanol–water partition coefficient (Wildman–Crippen LogP) is 4.45. The summed E-state index contributed by atoms with van der Waals surface area (Å²) in [6, 6.07) is 11.0. The zero-order valence-electron chi connectivity index (χ0n) is 23.2. The van der Waals surface area contributed by atoms with Crippen LogP contribution in [0.1, 0.15) is 61.0 Å². The van der Waals surface area contributed by atoms with E-state index < -0.39 is 6.04 Å². The number of rotatable bonds is 17. The number of likely N-dealkylation sites (N-methyl/N-ethyl adjacent to an activating group) is 1. The maximum atomic E-state index is 12.4. The Bertz CT molecular complexity index is 1110. The summed E-state index contributed by atoms with van der Waals surface area (Å²) in [7, 11) is 1.52. The first-order chi connectivity index (χ1) is 18.9. The van der Waals surface area contributed by atoms with E-state index in [1.165, 1.54) is 23.1 Å². The Labute approximate surface area is 236 Å². The number of hydrogen-bond donors (Lipinski definition) is 1. The average molecular weight is 558 g/mol. The van der Waals surface area contributed by atoms with Crippen LogP contribution in [0.25, 0.3) is 0 Å². The summed E-state index contributed by atoms with van der Waals surface area (Å²) in [5.74, 6) is 0.401. The predicted molar refractivity (Wildman–Crippen MR) is 152 cm³/mol. The molecule has 0 bridgehead atoms. The van der Waals surface area contributed by atoms with Crippen molar-refractivity contribution in [2.45, 2.75) is 64.8 Å². The number of carbonyl (C=O) groups excluding carboxylic acids is 3. The second kappa shape index (κ2) is 15.6. The van der Waals surface area contributed by atoms with Gasteiger partial charge in [0.05, 0.1) is 25.9 Å². The van der Waals surface area contributed by atoms with Crippen molar-refractivity contribution in [1.82, 2.24) is 15.1 Å². The fourth-order valence-electron chi connectivity index (χ4n) is 4.97. The third kappa shape index (κ3) is 8.52. The monoisotopic (exact) mass is 557 g/mol. The molecule has 2 amide bonds. The highest BCUT2D eigenvalue weighted by Gasteiger charge is 2.26. The third-order valence-corrected chi connectivity index (χ3v) is 7.51. The van der Waals surface area contributed by atoms with Gasteiger partial charge in [0.2, 0.25) is 12.3 Å². The highest BCUT2D eigenvalue weighted by molar-refractivity contribution is 6.30. The highest BCUT2D eigenvalue weighted by atomic mass is 35.5. The molecular weight excluding hydrogens is 518 g/mol. The van der Waals surface area contributed by atoms with Crippen molar-refractivity contribution in [2.24, 2.45) is 0 Å². The fraction of sp³-hybridized carbons (Fsp3) is 0.500. The normalized spacial score (nSPS) is 15.1. The van der Waals surface area contributed by atoms with Crippen molar-refractivity contribution < 1.29 is 23.9 Å². The zero-order chi connectivity index (χ0) is 28.2. The van der Waals surface area contributed by atoms with E-state index in [4.69, 9.17) is 21.1 Å². The number of aryl methyl sites for hydroxylation is 1. The molecule has 9 heteroatoms. The van der Waals surface area contributed by atoms with Gasteiger partial charge in [-0.1, -0.05) is 36.7 Å². The van der Waals surface area contributed by atoms with Crippen molar-refractivity contribution in [3.63, 3.8) is 0 Å².